The summed E-state index contributed by atoms with van der Waals surface area (Å²) in [5, 5.41) is 5.87. The fourth-order valence-electron chi connectivity index (χ4n) is 5.88. The van der Waals surface area contributed by atoms with Crippen LogP contribution in [0.4, 0.5) is 0 Å². The lowest BCUT2D eigenvalue weighted by Gasteiger charge is -2.11. The van der Waals surface area contributed by atoms with Gasteiger partial charge in [0.2, 0.25) is 0 Å². The van der Waals surface area contributed by atoms with Crippen LogP contribution in [0, 0.1) is 0 Å². The highest BCUT2D eigenvalue weighted by molar-refractivity contribution is 6.02. The molecule has 180 valence electrons. The molecule has 3 aliphatic rings. The molecule has 1 saturated carbocycles. The molecule has 36 heavy (non-hydrogen) atoms. The molecule has 7 rings (SSSR count). The SMILES string of the molecule is C1=C(c2ccc3cc(-c4ccc(-c5cnc(C6CCCC6)[nH]5)cn4)ncc3c2)CC([C@@H]2CCCN2)=N1. The average molecular weight is 475 g/mol. The summed E-state index contributed by atoms with van der Waals surface area (Å²) in [5.74, 6) is 1.70. The van der Waals surface area contributed by atoms with Gasteiger partial charge in [-0.3, -0.25) is 15.0 Å². The number of hydrogen-bond donors (Lipinski definition) is 2. The molecular weight excluding hydrogens is 444 g/mol. The number of hydrogen-bond acceptors (Lipinski definition) is 5. The van der Waals surface area contributed by atoms with Gasteiger partial charge in [0.1, 0.15) is 5.82 Å². The number of aliphatic imine (C=N–C) groups is 1. The van der Waals surface area contributed by atoms with Gasteiger partial charge in [0, 0.05) is 53.6 Å². The van der Waals surface area contributed by atoms with Crippen molar-refractivity contribution in [1.82, 2.24) is 25.3 Å². The Morgan fingerprint density at radius 2 is 1.64 bits per heavy atom. The van der Waals surface area contributed by atoms with E-state index in [1.807, 2.05) is 30.9 Å². The first-order valence-corrected chi connectivity index (χ1v) is 13.2. The molecule has 3 aromatic heterocycles. The van der Waals surface area contributed by atoms with Crippen LogP contribution in [-0.4, -0.2) is 38.2 Å². The number of pyridine rings is 2. The molecule has 6 nitrogen and oxygen atoms in total. The first-order chi connectivity index (χ1) is 17.8. The number of imidazole rings is 1. The average Bonchev–Trinajstić information content (AvgIpc) is 3.75. The van der Waals surface area contributed by atoms with Crippen LogP contribution in [0.25, 0.3) is 39.0 Å². The zero-order valence-electron chi connectivity index (χ0n) is 20.4. The van der Waals surface area contributed by atoms with Crippen LogP contribution >= 0.6 is 0 Å². The van der Waals surface area contributed by atoms with Gasteiger partial charge < -0.3 is 10.3 Å². The van der Waals surface area contributed by atoms with Gasteiger partial charge in [-0.05, 0) is 73.0 Å². The quantitative estimate of drug-likeness (QED) is 0.357. The molecule has 5 heterocycles. The number of fused-ring (bicyclic) bond motifs is 1. The maximum atomic E-state index is 4.74. The summed E-state index contributed by atoms with van der Waals surface area (Å²) >= 11 is 0. The molecule has 0 unspecified atom stereocenters. The Morgan fingerprint density at radius 3 is 2.47 bits per heavy atom. The molecule has 0 spiro atoms. The summed E-state index contributed by atoms with van der Waals surface area (Å²) in [6, 6.07) is 13.4. The number of H-pyrrole nitrogens is 1. The summed E-state index contributed by atoms with van der Waals surface area (Å²) in [4.78, 5) is 22.3. The first-order valence-electron chi connectivity index (χ1n) is 13.2. The van der Waals surface area contributed by atoms with Gasteiger partial charge in [-0.25, -0.2) is 4.98 Å². The van der Waals surface area contributed by atoms with Crippen molar-refractivity contribution in [3.05, 3.63) is 72.6 Å². The molecule has 1 saturated heterocycles. The minimum absolute atomic E-state index is 0.449. The molecule has 1 atom stereocenters. The number of aromatic amines is 1. The zero-order chi connectivity index (χ0) is 23.9. The van der Waals surface area contributed by atoms with Gasteiger partial charge in [-0.15, -0.1) is 0 Å². The molecule has 0 bridgehead atoms. The predicted molar refractivity (Wildman–Crippen MR) is 145 cm³/mol. The van der Waals surface area contributed by atoms with E-state index in [0.29, 0.717) is 12.0 Å². The van der Waals surface area contributed by atoms with Crippen LogP contribution in [0.15, 0.2) is 66.2 Å². The van der Waals surface area contributed by atoms with Crippen LogP contribution in [-0.2, 0) is 0 Å². The highest BCUT2D eigenvalue weighted by atomic mass is 15.0. The van der Waals surface area contributed by atoms with Gasteiger partial charge in [0.15, 0.2) is 0 Å². The van der Waals surface area contributed by atoms with E-state index < -0.39 is 0 Å². The second-order valence-corrected chi connectivity index (χ2v) is 10.3. The van der Waals surface area contributed by atoms with Crippen LogP contribution in [0.3, 0.4) is 0 Å². The van der Waals surface area contributed by atoms with Gasteiger partial charge in [-0.1, -0.05) is 25.0 Å². The number of nitrogens with one attached hydrogen (secondary N) is 2. The fraction of sp³-hybridized carbons (Fsp3) is 0.333. The Morgan fingerprint density at radius 1 is 0.750 bits per heavy atom. The monoisotopic (exact) mass is 474 g/mol. The molecule has 0 radical (unpaired) electrons. The van der Waals surface area contributed by atoms with Crippen molar-refractivity contribution in [2.45, 2.75) is 56.9 Å². The number of nitrogens with zero attached hydrogens (tertiary/aromatic N) is 4. The van der Waals surface area contributed by atoms with E-state index in [1.165, 1.54) is 60.8 Å². The van der Waals surface area contributed by atoms with E-state index >= 15 is 0 Å². The second-order valence-electron chi connectivity index (χ2n) is 10.3. The fourth-order valence-corrected chi connectivity index (χ4v) is 5.88. The summed E-state index contributed by atoms with van der Waals surface area (Å²) in [7, 11) is 0. The van der Waals surface area contributed by atoms with Crippen molar-refractivity contribution in [2.75, 3.05) is 6.54 Å². The van der Waals surface area contributed by atoms with Gasteiger partial charge in [0.25, 0.3) is 0 Å². The van der Waals surface area contributed by atoms with Crippen molar-refractivity contribution in [3.63, 3.8) is 0 Å². The highest BCUT2D eigenvalue weighted by Crippen LogP contribution is 2.34. The largest absolute Gasteiger partial charge is 0.342 e. The standard InChI is InChI=1S/C30H30N6/c1-2-5-19(4-1)30-35-18-29(36-30)22-9-10-26(32-15-22)27-13-21-8-7-20(12-23(21)16-33-27)24-14-28(34-17-24)25-6-3-11-31-25/h7-10,12-13,15-19,25,31H,1-6,11,14H2,(H,35,36)/t25-/m0/s1. The van der Waals surface area contributed by atoms with Gasteiger partial charge in [0.05, 0.1) is 23.3 Å². The molecule has 1 aliphatic carbocycles. The van der Waals surface area contributed by atoms with Gasteiger partial charge >= 0.3 is 0 Å². The first kappa shape index (κ1) is 21.6. The topological polar surface area (TPSA) is 78.8 Å². The number of benzene rings is 1. The smallest absolute Gasteiger partial charge is 0.109 e. The van der Waals surface area contributed by atoms with Crippen molar-refractivity contribution in [2.24, 2.45) is 4.99 Å². The summed E-state index contributed by atoms with van der Waals surface area (Å²) in [6.07, 6.45) is 16.3. The highest BCUT2D eigenvalue weighted by Gasteiger charge is 2.24. The van der Waals surface area contributed by atoms with Crippen molar-refractivity contribution >= 4 is 22.1 Å². The van der Waals surface area contributed by atoms with E-state index in [2.05, 4.69) is 45.6 Å². The summed E-state index contributed by atoms with van der Waals surface area (Å²) < 4.78 is 0. The minimum atomic E-state index is 0.449. The van der Waals surface area contributed by atoms with Crippen LogP contribution in [0.2, 0.25) is 0 Å². The molecule has 6 heteroatoms. The van der Waals surface area contributed by atoms with Gasteiger partial charge in [-0.2, -0.15) is 0 Å². The van der Waals surface area contributed by atoms with Crippen molar-refractivity contribution in [1.29, 1.82) is 0 Å². The second kappa shape index (κ2) is 9.10. The van der Waals surface area contributed by atoms with E-state index in [-0.39, 0.29) is 0 Å². The Bertz CT molecular complexity index is 1470. The number of rotatable bonds is 5. The molecule has 4 aromatic rings. The van der Waals surface area contributed by atoms with E-state index in [9.17, 15) is 0 Å². The maximum absolute atomic E-state index is 4.74. The lowest BCUT2D eigenvalue weighted by Crippen LogP contribution is -2.29. The van der Waals surface area contributed by atoms with Crippen molar-refractivity contribution < 1.29 is 0 Å². The Kier molecular flexibility index (Phi) is 5.47. The summed E-state index contributed by atoms with van der Waals surface area (Å²) in [6.45, 7) is 1.10. The minimum Gasteiger partial charge on any atom is -0.342 e. The van der Waals surface area contributed by atoms with Crippen LogP contribution in [0.1, 0.15) is 62.3 Å². The lowest BCUT2D eigenvalue weighted by molar-refractivity contribution is 0.679. The van der Waals surface area contributed by atoms with Crippen molar-refractivity contribution in [3.8, 4) is 22.6 Å². The molecule has 2 aliphatic heterocycles. The lowest BCUT2D eigenvalue weighted by atomic mass is 9.97. The third-order valence-corrected chi connectivity index (χ3v) is 7.99. The Hall–Kier alpha value is -3.64. The molecule has 1 aromatic carbocycles. The third kappa shape index (κ3) is 4.05. The van der Waals surface area contributed by atoms with E-state index in [0.717, 1.165) is 46.8 Å². The maximum Gasteiger partial charge on any atom is 0.109 e. The molecule has 2 N–H and O–H groups in total. The normalized spacial score (nSPS) is 20.3. The molecule has 0 amide bonds. The van der Waals surface area contributed by atoms with E-state index in [1.54, 1.807) is 0 Å². The predicted octanol–water partition coefficient (Wildman–Crippen LogP) is 6.28. The number of allylic oxidation sites excluding steroid dienone is 1. The Balaban J connectivity index is 1.08. The molecular formula is C30H30N6. The van der Waals surface area contributed by atoms with Crippen LogP contribution < -0.4 is 5.32 Å². The number of aromatic nitrogens is 4. The Labute approximate surface area is 211 Å². The van der Waals surface area contributed by atoms with Crippen LogP contribution in [0.5, 0.6) is 0 Å². The van der Waals surface area contributed by atoms with E-state index in [4.69, 9.17) is 15.0 Å². The third-order valence-electron chi connectivity index (χ3n) is 7.99. The summed E-state index contributed by atoms with van der Waals surface area (Å²) in [5.41, 5.74) is 7.64. The molecule has 2 fully saturated rings. The zero-order valence-corrected chi connectivity index (χ0v) is 20.4.